The molecule has 2 aliphatic heterocycles. The maximum atomic E-state index is 5.93. The van der Waals surface area contributed by atoms with Crippen molar-refractivity contribution < 1.29 is 4.74 Å². The van der Waals surface area contributed by atoms with Crippen LogP contribution in [-0.4, -0.2) is 52.9 Å². The minimum absolute atomic E-state index is 0.128. The van der Waals surface area contributed by atoms with Gasteiger partial charge in [0.25, 0.3) is 0 Å². The van der Waals surface area contributed by atoms with Gasteiger partial charge in [0, 0.05) is 36.8 Å². The van der Waals surface area contributed by atoms with Crippen LogP contribution in [0.4, 0.5) is 0 Å². The summed E-state index contributed by atoms with van der Waals surface area (Å²) in [6, 6.07) is 0.419. The van der Waals surface area contributed by atoms with Crippen LogP contribution in [-0.2, 0) is 4.74 Å². The van der Waals surface area contributed by atoms with Crippen LogP contribution in [0.25, 0.3) is 0 Å². The van der Waals surface area contributed by atoms with Gasteiger partial charge in [0.05, 0.1) is 6.10 Å². The summed E-state index contributed by atoms with van der Waals surface area (Å²) in [7, 11) is 0. The van der Waals surface area contributed by atoms with E-state index in [0.717, 1.165) is 44.1 Å². The van der Waals surface area contributed by atoms with Crippen LogP contribution in [0.15, 0.2) is 12.2 Å². The highest BCUT2D eigenvalue weighted by atomic mass is 32.1. The van der Waals surface area contributed by atoms with Crippen molar-refractivity contribution in [3.8, 4) is 0 Å². The van der Waals surface area contributed by atoms with E-state index >= 15 is 0 Å². The topological polar surface area (TPSA) is 36.5 Å². The molecule has 2 N–H and O–H groups in total. The first-order chi connectivity index (χ1) is 12.7. The predicted molar refractivity (Wildman–Crippen MR) is 117 cm³/mol. The van der Waals surface area contributed by atoms with Crippen molar-refractivity contribution in [2.45, 2.75) is 95.9 Å². The number of rotatable bonds is 5. The van der Waals surface area contributed by atoms with Crippen molar-refractivity contribution in [1.29, 1.82) is 0 Å². The molecule has 27 heavy (non-hydrogen) atoms. The SMILES string of the molecule is CC1(C)CC(NC(=S)N(C[C@H]2CC=CCC2)C[C@H]2CCCO2)CC(C)(C)N1. The maximum Gasteiger partial charge on any atom is 0.169 e. The zero-order valence-corrected chi connectivity index (χ0v) is 18.5. The summed E-state index contributed by atoms with van der Waals surface area (Å²) in [6.07, 6.45) is 13.2. The van der Waals surface area contributed by atoms with E-state index < -0.39 is 0 Å². The number of hydrogen-bond donors (Lipinski definition) is 2. The van der Waals surface area contributed by atoms with Crippen molar-refractivity contribution in [2.75, 3.05) is 19.7 Å². The third kappa shape index (κ3) is 6.43. The van der Waals surface area contributed by atoms with Crippen LogP contribution in [0.1, 0.15) is 72.6 Å². The van der Waals surface area contributed by atoms with Crippen molar-refractivity contribution >= 4 is 17.3 Å². The quantitative estimate of drug-likeness (QED) is 0.545. The fourth-order valence-electron chi connectivity index (χ4n) is 5.30. The minimum atomic E-state index is 0.128. The van der Waals surface area contributed by atoms with E-state index in [9.17, 15) is 0 Å². The van der Waals surface area contributed by atoms with Crippen LogP contribution in [0, 0.1) is 5.92 Å². The van der Waals surface area contributed by atoms with Gasteiger partial charge in [0.1, 0.15) is 0 Å². The second-order valence-electron chi connectivity index (χ2n) is 10.1. The molecule has 3 aliphatic rings. The van der Waals surface area contributed by atoms with Gasteiger partial charge >= 0.3 is 0 Å². The molecule has 2 heterocycles. The lowest BCUT2D eigenvalue weighted by Gasteiger charge is -2.47. The smallest absolute Gasteiger partial charge is 0.169 e. The van der Waals surface area contributed by atoms with Gasteiger partial charge in [0.15, 0.2) is 5.11 Å². The van der Waals surface area contributed by atoms with E-state index in [-0.39, 0.29) is 11.1 Å². The van der Waals surface area contributed by atoms with E-state index in [1.54, 1.807) is 0 Å². The van der Waals surface area contributed by atoms with Crippen molar-refractivity contribution in [2.24, 2.45) is 5.92 Å². The van der Waals surface area contributed by atoms with Gasteiger partial charge in [-0.25, -0.2) is 0 Å². The molecule has 2 saturated heterocycles. The highest BCUT2D eigenvalue weighted by molar-refractivity contribution is 7.80. The monoisotopic (exact) mass is 393 g/mol. The van der Waals surface area contributed by atoms with Crippen LogP contribution in [0.2, 0.25) is 0 Å². The molecule has 2 fully saturated rings. The summed E-state index contributed by atoms with van der Waals surface area (Å²) < 4.78 is 5.93. The van der Waals surface area contributed by atoms with Gasteiger partial charge in [-0.2, -0.15) is 0 Å². The number of piperidine rings is 1. The number of nitrogens with one attached hydrogen (secondary N) is 2. The van der Waals surface area contributed by atoms with Crippen molar-refractivity contribution in [3.05, 3.63) is 12.2 Å². The van der Waals surface area contributed by atoms with Gasteiger partial charge in [-0.3, -0.25) is 0 Å². The Bertz CT molecular complexity index is 524. The molecule has 0 aromatic rings. The highest BCUT2D eigenvalue weighted by Crippen LogP contribution is 2.29. The summed E-state index contributed by atoms with van der Waals surface area (Å²) in [6.45, 7) is 12.1. The normalized spacial score (nSPS) is 30.2. The zero-order chi connectivity index (χ0) is 19.5. The largest absolute Gasteiger partial charge is 0.376 e. The molecule has 0 saturated carbocycles. The van der Waals surface area contributed by atoms with E-state index in [2.05, 4.69) is 55.4 Å². The average molecular weight is 394 g/mol. The Morgan fingerprint density at radius 1 is 1.15 bits per heavy atom. The molecule has 4 nitrogen and oxygen atoms in total. The lowest BCUT2D eigenvalue weighted by molar-refractivity contribution is 0.0863. The molecular formula is C22H39N3OS. The van der Waals surface area contributed by atoms with E-state index in [0.29, 0.717) is 18.1 Å². The van der Waals surface area contributed by atoms with Crippen LogP contribution >= 0.6 is 12.2 Å². The minimum Gasteiger partial charge on any atom is -0.376 e. The van der Waals surface area contributed by atoms with Crippen molar-refractivity contribution in [3.63, 3.8) is 0 Å². The molecule has 1 aliphatic carbocycles. The molecule has 0 amide bonds. The van der Waals surface area contributed by atoms with Gasteiger partial charge in [-0.1, -0.05) is 12.2 Å². The average Bonchev–Trinajstić information content (AvgIpc) is 3.05. The van der Waals surface area contributed by atoms with Crippen LogP contribution < -0.4 is 10.6 Å². The lowest BCUT2D eigenvalue weighted by Crippen LogP contribution is -2.63. The second kappa shape index (κ2) is 8.79. The molecule has 0 unspecified atom stereocenters. The van der Waals surface area contributed by atoms with Crippen molar-refractivity contribution in [1.82, 2.24) is 15.5 Å². The molecule has 0 aromatic carbocycles. The number of ether oxygens (including phenoxy) is 1. The molecular weight excluding hydrogens is 354 g/mol. The van der Waals surface area contributed by atoms with Gasteiger partial charge in [0.2, 0.25) is 0 Å². The first-order valence-electron chi connectivity index (χ1n) is 10.8. The zero-order valence-electron chi connectivity index (χ0n) is 17.7. The second-order valence-corrected chi connectivity index (χ2v) is 10.5. The number of nitrogens with zero attached hydrogens (tertiary/aromatic N) is 1. The summed E-state index contributed by atoms with van der Waals surface area (Å²) in [5.41, 5.74) is 0.255. The maximum absolute atomic E-state index is 5.93. The molecule has 0 bridgehead atoms. The lowest BCUT2D eigenvalue weighted by atomic mass is 9.80. The fraction of sp³-hybridized carbons (Fsp3) is 0.864. The Hall–Kier alpha value is -0.650. The predicted octanol–water partition coefficient (Wildman–Crippen LogP) is 4.01. The first kappa shape index (κ1) is 21.1. The van der Waals surface area contributed by atoms with Crippen LogP contribution in [0.5, 0.6) is 0 Å². The fourth-order valence-corrected chi connectivity index (χ4v) is 5.61. The van der Waals surface area contributed by atoms with Gasteiger partial charge in [-0.15, -0.1) is 0 Å². The Morgan fingerprint density at radius 3 is 2.48 bits per heavy atom. The summed E-state index contributed by atoms with van der Waals surface area (Å²) in [5, 5.41) is 8.43. The van der Waals surface area contributed by atoms with Gasteiger partial charge < -0.3 is 20.3 Å². The Labute approximate surface area is 171 Å². The first-order valence-corrected chi connectivity index (χ1v) is 11.2. The molecule has 0 radical (unpaired) electrons. The molecule has 2 atom stereocenters. The number of allylic oxidation sites excluding steroid dienone is 2. The third-order valence-electron chi connectivity index (χ3n) is 6.11. The van der Waals surface area contributed by atoms with Gasteiger partial charge in [-0.05, 0) is 90.8 Å². The third-order valence-corrected chi connectivity index (χ3v) is 6.49. The summed E-state index contributed by atoms with van der Waals surface area (Å²) >= 11 is 5.93. The number of hydrogen-bond acceptors (Lipinski definition) is 3. The Kier molecular flexibility index (Phi) is 6.86. The molecule has 154 valence electrons. The van der Waals surface area contributed by atoms with Crippen LogP contribution in [0.3, 0.4) is 0 Å². The number of thiocarbonyl (C=S) groups is 1. The van der Waals surface area contributed by atoms with E-state index in [1.165, 1.54) is 25.7 Å². The molecule has 3 rings (SSSR count). The highest BCUT2D eigenvalue weighted by Gasteiger charge is 2.38. The molecule has 0 spiro atoms. The summed E-state index contributed by atoms with van der Waals surface area (Å²) in [4.78, 5) is 2.41. The van der Waals surface area contributed by atoms with E-state index in [4.69, 9.17) is 17.0 Å². The molecule has 5 heteroatoms. The van der Waals surface area contributed by atoms with E-state index in [1.807, 2.05) is 0 Å². The molecule has 0 aromatic heterocycles. The summed E-state index contributed by atoms with van der Waals surface area (Å²) in [5.74, 6) is 0.706. The Morgan fingerprint density at radius 2 is 1.89 bits per heavy atom. The standard InChI is InChI=1S/C22H39N3OS/c1-21(2)13-18(14-22(3,4)24-21)23-20(27)25(16-19-11-8-12-26-19)15-17-9-6-5-7-10-17/h5-6,17-19,24H,7-16H2,1-4H3,(H,23,27)/t17-,19+/m0/s1. The Balaban J connectivity index is 1.63.